The van der Waals surface area contributed by atoms with Crippen molar-refractivity contribution in [2.24, 2.45) is 0 Å². The SMILES string of the molecule is O=P(O)(O)O[B-](O)(O)Cl. The normalized spacial score (nSPS) is 13.9. The highest BCUT2D eigenvalue weighted by Crippen LogP contribution is 2.39. The van der Waals surface area contributed by atoms with Gasteiger partial charge >= 0.3 is 14.0 Å². The van der Waals surface area contributed by atoms with E-state index in [1.54, 1.807) is 0 Å². The lowest BCUT2D eigenvalue weighted by Crippen LogP contribution is -2.30. The van der Waals surface area contributed by atoms with Crippen molar-refractivity contribution in [3.05, 3.63) is 0 Å². The van der Waals surface area contributed by atoms with Gasteiger partial charge in [-0.3, -0.25) is 11.5 Å². The first-order valence-electron chi connectivity index (χ1n) is 1.74. The number of rotatable bonds is 2. The Kier molecular flexibility index (Phi) is 2.66. The molecule has 0 aromatic heterocycles. The Morgan fingerprint density at radius 1 is 1.44 bits per heavy atom. The van der Waals surface area contributed by atoms with Crippen LogP contribution in [-0.4, -0.2) is 26.0 Å². The highest BCUT2D eigenvalue weighted by molar-refractivity contribution is 7.49. The Hall–Kier alpha value is 0.385. The van der Waals surface area contributed by atoms with E-state index in [9.17, 15) is 4.57 Å². The molecule has 0 unspecified atom stereocenters. The highest BCUT2D eigenvalue weighted by Gasteiger charge is 2.26. The van der Waals surface area contributed by atoms with Crippen LogP contribution in [0, 0.1) is 0 Å². The Balaban J connectivity index is 3.90. The van der Waals surface area contributed by atoms with Crippen LogP contribution in [0.1, 0.15) is 0 Å². The maximum Gasteiger partial charge on any atom is 0.477 e. The zero-order valence-corrected chi connectivity index (χ0v) is 5.66. The molecule has 0 bridgehead atoms. The van der Waals surface area contributed by atoms with Gasteiger partial charge in [0.1, 0.15) is 0 Å². The van der Waals surface area contributed by atoms with Gasteiger partial charge in [0, 0.05) is 0 Å². The minimum atomic E-state index is -4.89. The Bertz CT molecular complexity index is 130. The third-order valence-corrected chi connectivity index (χ3v) is 1.05. The summed E-state index contributed by atoms with van der Waals surface area (Å²) in [5, 5.41) is 16.0. The molecule has 0 aliphatic carbocycles. The van der Waals surface area contributed by atoms with E-state index in [-0.39, 0.29) is 0 Å². The average molecular weight is 177 g/mol. The summed E-state index contributed by atoms with van der Waals surface area (Å²) in [6, 6.07) is 0. The fourth-order valence-electron chi connectivity index (χ4n) is 0.175. The van der Waals surface area contributed by atoms with E-state index >= 15 is 0 Å². The van der Waals surface area contributed by atoms with Crippen LogP contribution in [0.25, 0.3) is 0 Å². The highest BCUT2D eigenvalue weighted by atomic mass is 35.5. The molecule has 0 atom stereocenters. The molecule has 6 nitrogen and oxygen atoms in total. The van der Waals surface area contributed by atoms with E-state index in [4.69, 9.17) is 19.8 Å². The number of halogens is 1. The molecular formula is H4BClO6P-. The van der Waals surface area contributed by atoms with Crippen molar-refractivity contribution in [1.82, 2.24) is 0 Å². The average Bonchev–Trinajstić information content (AvgIpc) is 1.14. The smallest absolute Gasteiger partial charge is 0.477 e. The van der Waals surface area contributed by atoms with Gasteiger partial charge in [-0.05, 0) is 0 Å². The quantitative estimate of drug-likeness (QED) is 0.310. The van der Waals surface area contributed by atoms with Gasteiger partial charge in [-0.2, -0.15) is 0 Å². The Morgan fingerprint density at radius 2 is 1.78 bits per heavy atom. The maximum atomic E-state index is 9.73. The van der Waals surface area contributed by atoms with Crippen molar-refractivity contribution < 1.29 is 28.8 Å². The van der Waals surface area contributed by atoms with Gasteiger partial charge in [-0.15, -0.1) is 0 Å². The summed E-state index contributed by atoms with van der Waals surface area (Å²) >= 11 is 4.48. The second-order valence-corrected chi connectivity index (χ2v) is 2.97. The molecule has 0 fully saturated rings. The molecule has 4 N–H and O–H groups in total. The zero-order valence-electron chi connectivity index (χ0n) is 4.01. The molecule has 9 heavy (non-hydrogen) atoms. The lowest BCUT2D eigenvalue weighted by molar-refractivity contribution is 0.210. The molecule has 0 aromatic rings. The minimum absolute atomic E-state index is 3.23. The molecule has 0 rings (SSSR count). The molecular weight excluding hydrogens is 173 g/mol. The standard InChI is InChI=1S/BClH4O6P/c2-1(3,4)8-9(5,6)7/h3-4H,(H2,5,6,7)/q-1. The first kappa shape index (κ1) is 9.38. The predicted molar refractivity (Wildman–Crippen MR) is 29.2 cm³/mol. The van der Waals surface area contributed by atoms with Crippen molar-refractivity contribution in [1.29, 1.82) is 0 Å². The van der Waals surface area contributed by atoms with Gasteiger partial charge in [0.2, 0.25) is 0 Å². The first-order chi connectivity index (χ1) is 3.71. The lowest BCUT2D eigenvalue weighted by atomic mass is 10.2. The van der Waals surface area contributed by atoms with Crippen molar-refractivity contribution in [3.8, 4) is 0 Å². The molecule has 0 aliphatic rings. The van der Waals surface area contributed by atoms with Crippen LogP contribution < -0.4 is 0 Å². The van der Waals surface area contributed by atoms with Crippen LogP contribution in [0.2, 0.25) is 0 Å². The van der Waals surface area contributed by atoms with Crippen LogP contribution in [0.4, 0.5) is 0 Å². The van der Waals surface area contributed by atoms with Crippen molar-refractivity contribution in [2.45, 2.75) is 0 Å². The summed E-state index contributed by atoms with van der Waals surface area (Å²) < 4.78 is 13.0. The van der Waals surface area contributed by atoms with E-state index in [1.807, 2.05) is 0 Å². The van der Waals surface area contributed by atoms with Gasteiger partial charge in [-0.25, -0.2) is 4.57 Å². The van der Waals surface area contributed by atoms with Gasteiger partial charge in [0.25, 0.3) is 0 Å². The Labute approximate surface area is 55.2 Å². The molecule has 0 amide bonds. The van der Waals surface area contributed by atoms with E-state index in [2.05, 4.69) is 15.9 Å². The zero-order chi connectivity index (χ0) is 7.71. The topological polar surface area (TPSA) is 107 Å². The fourth-order valence-corrected chi connectivity index (χ4v) is 0.836. The fraction of sp³-hybridized carbons (Fsp3) is 0. The minimum Gasteiger partial charge on any atom is -0.545 e. The molecule has 0 saturated heterocycles. The third-order valence-electron chi connectivity index (χ3n) is 0.271. The summed E-state index contributed by atoms with van der Waals surface area (Å²) in [7, 11) is -4.89. The van der Waals surface area contributed by atoms with E-state index in [1.165, 1.54) is 0 Å². The largest absolute Gasteiger partial charge is 0.545 e. The molecule has 0 heterocycles. The van der Waals surface area contributed by atoms with Crippen LogP contribution in [-0.2, 0) is 9.01 Å². The second kappa shape index (κ2) is 2.55. The molecule has 0 aromatic carbocycles. The van der Waals surface area contributed by atoms with E-state index in [0.717, 1.165) is 0 Å². The first-order valence-corrected chi connectivity index (χ1v) is 3.70. The summed E-state index contributed by atoms with van der Waals surface area (Å²) in [5.74, 6) is 0. The molecule has 0 saturated carbocycles. The second-order valence-electron chi connectivity index (χ2n) is 1.21. The van der Waals surface area contributed by atoms with Crippen LogP contribution in [0.15, 0.2) is 0 Å². The molecule has 0 radical (unpaired) electrons. The van der Waals surface area contributed by atoms with E-state index < -0.39 is 14.0 Å². The van der Waals surface area contributed by atoms with Crippen molar-refractivity contribution >= 4 is 25.5 Å². The number of hydrogen-bond donors (Lipinski definition) is 4. The maximum absolute atomic E-state index is 9.73. The van der Waals surface area contributed by atoms with Gasteiger partial charge in [0.05, 0.1) is 0 Å². The van der Waals surface area contributed by atoms with Crippen molar-refractivity contribution in [3.63, 3.8) is 0 Å². The van der Waals surface area contributed by atoms with Crippen molar-refractivity contribution in [2.75, 3.05) is 0 Å². The molecule has 56 valence electrons. The van der Waals surface area contributed by atoms with Crippen LogP contribution in [0.5, 0.6) is 0 Å². The molecule has 9 heteroatoms. The summed E-state index contributed by atoms with van der Waals surface area (Å²) in [6.45, 7) is 0. The summed E-state index contributed by atoms with van der Waals surface area (Å²) in [5.41, 5.74) is 0. The summed E-state index contributed by atoms with van der Waals surface area (Å²) in [4.78, 5) is 15.7. The summed E-state index contributed by atoms with van der Waals surface area (Å²) in [6.07, 6.45) is -3.88. The predicted octanol–water partition coefficient (Wildman–Crippen LogP) is -1.25. The van der Waals surface area contributed by atoms with Gasteiger partial charge < -0.3 is 24.3 Å². The van der Waals surface area contributed by atoms with E-state index in [0.29, 0.717) is 0 Å². The third kappa shape index (κ3) is 8.38. The molecule has 0 spiro atoms. The van der Waals surface area contributed by atoms with Crippen LogP contribution in [0.3, 0.4) is 0 Å². The molecule has 0 aliphatic heterocycles. The van der Waals surface area contributed by atoms with Gasteiger partial charge in [-0.1, -0.05) is 0 Å². The number of phosphoric acid groups is 1. The van der Waals surface area contributed by atoms with Crippen LogP contribution >= 0.6 is 19.3 Å². The number of hydrogen-bond acceptors (Lipinski definition) is 4. The lowest BCUT2D eigenvalue weighted by Gasteiger charge is -2.21. The van der Waals surface area contributed by atoms with Gasteiger partial charge in [0.15, 0.2) is 0 Å². The monoisotopic (exact) mass is 177 g/mol. The Morgan fingerprint density at radius 3 is 1.78 bits per heavy atom.